The normalized spacial score (nSPS) is 12.0. The second-order valence-corrected chi connectivity index (χ2v) is 7.92. The molecule has 1 atom stereocenters. The van der Waals surface area contributed by atoms with Crippen LogP contribution in [0, 0.1) is 20.8 Å². The van der Waals surface area contributed by atoms with E-state index in [0.29, 0.717) is 5.92 Å². The highest BCUT2D eigenvalue weighted by molar-refractivity contribution is 5.94. The minimum absolute atomic E-state index is 0.0945. The van der Waals surface area contributed by atoms with Crippen molar-refractivity contribution in [2.45, 2.75) is 40.5 Å². The van der Waals surface area contributed by atoms with Crippen molar-refractivity contribution >= 4 is 23.2 Å². The number of nitrogens with one attached hydrogen (secondary N) is 3. The third kappa shape index (κ3) is 5.92. The molecule has 0 radical (unpaired) electrons. The van der Waals surface area contributed by atoms with E-state index in [-0.39, 0.29) is 24.9 Å². The van der Waals surface area contributed by atoms with E-state index in [0.717, 1.165) is 33.0 Å². The Bertz CT molecular complexity index is 836. The van der Waals surface area contributed by atoms with Crippen LogP contribution in [0.3, 0.4) is 0 Å². The molecule has 2 amide bonds. The first-order valence-corrected chi connectivity index (χ1v) is 9.75. The van der Waals surface area contributed by atoms with Crippen molar-refractivity contribution in [2.24, 2.45) is 0 Å². The van der Waals surface area contributed by atoms with Crippen molar-refractivity contribution in [2.75, 3.05) is 30.8 Å². The van der Waals surface area contributed by atoms with Gasteiger partial charge in [-0.2, -0.15) is 0 Å². The number of amides is 2. The maximum Gasteiger partial charge on any atom is 0.279 e. The van der Waals surface area contributed by atoms with Crippen molar-refractivity contribution in [3.63, 3.8) is 0 Å². The summed E-state index contributed by atoms with van der Waals surface area (Å²) in [5, 5.41) is 5.97. The number of anilines is 2. The van der Waals surface area contributed by atoms with Crippen LogP contribution in [0.1, 0.15) is 42.0 Å². The summed E-state index contributed by atoms with van der Waals surface area (Å²) < 4.78 is 0. The lowest BCUT2D eigenvalue weighted by atomic mass is 10.0. The van der Waals surface area contributed by atoms with Gasteiger partial charge < -0.3 is 15.5 Å². The summed E-state index contributed by atoms with van der Waals surface area (Å²) in [5.74, 6) is 0.136. The zero-order valence-corrected chi connectivity index (χ0v) is 17.8. The molecule has 0 spiro atoms. The fourth-order valence-corrected chi connectivity index (χ4v) is 3.48. The first kappa shape index (κ1) is 21.6. The summed E-state index contributed by atoms with van der Waals surface area (Å²) >= 11 is 0. The minimum Gasteiger partial charge on any atom is -0.322 e. The Morgan fingerprint density at radius 1 is 0.929 bits per heavy atom. The first-order valence-electron chi connectivity index (χ1n) is 9.75. The van der Waals surface area contributed by atoms with Gasteiger partial charge in [0.15, 0.2) is 13.1 Å². The van der Waals surface area contributed by atoms with Crippen LogP contribution in [-0.2, 0) is 9.59 Å². The summed E-state index contributed by atoms with van der Waals surface area (Å²) in [6.45, 7) is 10.7. The van der Waals surface area contributed by atoms with Crippen LogP contribution in [-0.4, -0.2) is 32.0 Å². The molecule has 0 aliphatic carbocycles. The predicted molar refractivity (Wildman–Crippen MR) is 115 cm³/mol. The van der Waals surface area contributed by atoms with Gasteiger partial charge >= 0.3 is 0 Å². The van der Waals surface area contributed by atoms with Gasteiger partial charge in [-0.15, -0.1) is 0 Å². The number of carbonyl (C=O) groups excluding carboxylic acids is 2. The second-order valence-electron chi connectivity index (χ2n) is 7.92. The second kappa shape index (κ2) is 9.51. The van der Waals surface area contributed by atoms with Gasteiger partial charge in [0.2, 0.25) is 0 Å². The van der Waals surface area contributed by atoms with Gasteiger partial charge in [0, 0.05) is 11.4 Å². The Morgan fingerprint density at radius 2 is 1.46 bits per heavy atom. The molecule has 0 aliphatic rings. The molecule has 0 aliphatic heterocycles. The molecule has 0 heterocycles. The van der Waals surface area contributed by atoms with Crippen molar-refractivity contribution in [3.8, 4) is 0 Å². The third-order valence-corrected chi connectivity index (χ3v) is 4.72. The van der Waals surface area contributed by atoms with E-state index in [1.165, 1.54) is 5.56 Å². The molecular formula is C23H32N3O2+. The molecule has 0 saturated heterocycles. The van der Waals surface area contributed by atoms with Gasteiger partial charge in [0.25, 0.3) is 11.8 Å². The number of quaternary nitrogens is 1. The zero-order valence-electron chi connectivity index (χ0n) is 17.8. The maximum atomic E-state index is 12.4. The Kier molecular flexibility index (Phi) is 7.35. The molecule has 28 heavy (non-hydrogen) atoms. The van der Waals surface area contributed by atoms with Gasteiger partial charge in [-0.1, -0.05) is 49.7 Å². The number of carbonyl (C=O) groups is 2. The molecule has 0 fully saturated rings. The summed E-state index contributed by atoms with van der Waals surface area (Å²) in [6, 6.07) is 11.9. The van der Waals surface area contributed by atoms with E-state index < -0.39 is 0 Å². The van der Waals surface area contributed by atoms with Crippen molar-refractivity contribution in [1.82, 2.24) is 0 Å². The van der Waals surface area contributed by atoms with Gasteiger partial charge in [-0.25, -0.2) is 0 Å². The number of hydrogen-bond acceptors (Lipinski definition) is 2. The molecule has 0 saturated carbocycles. The predicted octanol–water partition coefficient (Wildman–Crippen LogP) is 2.83. The fourth-order valence-electron chi connectivity index (χ4n) is 3.48. The molecule has 2 aromatic carbocycles. The number of benzene rings is 2. The molecule has 2 rings (SSSR count). The molecular weight excluding hydrogens is 350 g/mol. The van der Waals surface area contributed by atoms with Crippen molar-refractivity contribution in [1.29, 1.82) is 0 Å². The van der Waals surface area contributed by atoms with E-state index in [2.05, 4.69) is 36.6 Å². The van der Waals surface area contributed by atoms with Crippen LogP contribution in [0.25, 0.3) is 0 Å². The van der Waals surface area contributed by atoms with Crippen molar-refractivity contribution < 1.29 is 14.5 Å². The van der Waals surface area contributed by atoms with E-state index >= 15 is 0 Å². The lowest BCUT2D eigenvalue weighted by molar-refractivity contribution is -0.862. The van der Waals surface area contributed by atoms with Crippen LogP contribution in [0.15, 0.2) is 36.4 Å². The molecule has 3 N–H and O–H groups in total. The van der Waals surface area contributed by atoms with E-state index in [1.807, 2.05) is 52.1 Å². The molecule has 5 heteroatoms. The summed E-state index contributed by atoms with van der Waals surface area (Å²) in [5.41, 5.74) is 6.08. The largest absolute Gasteiger partial charge is 0.322 e. The van der Waals surface area contributed by atoms with Crippen molar-refractivity contribution in [3.05, 3.63) is 58.7 Å². The standard InChI is InChI=1S/C23H31N3O2/c1-15(2)19-9-7-8-10-20(19)24-21(27)13-26(6)14-22(28)25-23-17(4)11-16(3)12-18(23)5/h7-12,15H,13-14H2,1-6H3,(H,24,27)(H,25,28)/p+1. The first-order chi connectivity index (χ1) is 13.2. The van der Waals surface area contributed by atoms with Crippen LogP contribution < -0.4 is 15.5 Å². The Hall–Kier alpha value is -2.66. The zero-order chi connectivity index (χ0) is 20.8. The summed E-state index contributed by atoms with van der Waals surface area (Å²) in [6.07, 6.45) is 0. The number of likely N-dealkylation sites (N-methyl/N-ethyl adjacent to an activating group) is 1. The average Bonchev–Trinajstić information content (AvgIpc) is 2.58. The molecule has 1 unspecified atom stereocenters. The highest BCUT2D eigenvalue weighted by atomic mass is 16.2. The number of rotatable bonds is 7. The Morgan fingerprint density at radius 3 is 2.04 bits per heavy atom. The molecule has 5 nitrogen and oxygen atoms in total. The minimum atomic E-state index is -0.0962. The quantitative estimate of drug-likeness (QED) is 0.690. The highest BCUT2D eigenvalue weighted by Crippen LogP contribution is 2.23. The maximum absolute atomic E-state index is 12.4. The van der Waals surface area contributed by atoms with Gasteiger partial charge in [-0.3, -0.25) is 9.59 Å². The number of aryl methyl sites for hydroxylation is 3. The van der Waals surface area contributed by atoms with Crippen LogP contribution in [0.5, 0.6) is 0 Å². The smallest absolute Gasteiger partial charge is 0.279 e. The topological polar surface area (TPSA) is 62.6 Å². The van der Waals surface area contributed by atoms with Crippen LogP contribution in [0.2, 0.25) is 0 Å². The van der Waals surface area contributed by atoms with E-state index in [4.69, 9.17) is 0 Å². The Labute approximate surface area is 168 Å². The molecule has 0 aromatic heterocycles. The molecule has 2 aromatic rings. The fraction of sp³-hybridized carbons (Fsp3) is 0.391. The molecule has 150 valence electrons. The SMILES string of the molecule is Cc1cc(C)c(NC(=O)C[NH+](C)CC(=O)Nc2ccccc2C(C)C)c(C)c1. The molecule has 0 bridgehead atoms. The van der Waals surface area contributed by atoms with Gasteiger partial charge in [-0.05, 0) is 49.4 Å². The summed E-state index contributed by atoms with van der Waals surface area (Å²) in [4.78, 5) is 25.7. The van der Waals surface area contributed by atoms with Gasteiger partial charge in [0.05, 0.1) is 7.05 Å². The Balaban J connectivity index is 1.92. The van der Waals surface area contributed by atoms with Gasteiger partial charge in [0.1, 0.15) is 0 Å². The van der Waals surface area contributed by atoms with E-state index in [1.54, 1.807) is 0 Å². The van der Waals surface area contributed by atoms with E-state index in [9.17, 15) is 9.59 Å². The summed E-state index contributed by atoms with van der Waals surface area (Å²) in [7, 11) is 1.85. The lowest BCUT2D eigenvalue weighted by Crippen LogP contribution is -3.11. The lowest BCUT2D eigenvalue weighted by Gasteiger charge is -2.17. The monoisotopic (exact) mass is 382 g/mol. The number of para-hydroxylation sites is 1. The number of hydrogen-bond donors (Lipinski definition) is 3. The van der Waals surface area contributed by atoms with Crippen LogP contribution >= 0.6 is 0 Å². The third-order valence-electron chi connectivity index (χ3n) is 4.72. The average molecular weight is 383 g/mol. The van der Waals surface area contributed by atoms with Crippen LogP contribution in [0.4, 0.5) is 11.4 Å². The highest BCUT2D eigenvalue weighted by Gasteiger charge is 2.17.